The molecule has 14 heavy (non-hydrogen) atoms. The molecule has 3 nitrogen and oxygen atoms in total. The van der Waals surface area contributed by atoms with Crippen LogP contribution in [0, 0.1) is 0 Å². The van der Waals surface area contributed by atoms with E-state index in [1.165, 1.54) is 0 Å². The van der Waals surface area contributed by atoms with E-state index in [-0.39, 0.29) is 0 Å². The molecular weight excluding hydrogens is 267 g/mol. The van der Waals surface area contributed by atoms with E-state index < -0.39 is 12.2 Å². The summed E-state index contributed by atoms with van der Waals surface area (Å²) in [5, 5.41) is 0. The lowest BCUT2D eigenvalue weighted by Gasteiger charge is -2.33. The van der Waals surface area contributed by atoms with Crippen LogP contribution in [0.15, 0.2) is 0 Å². The fraction of sp³-hybridized carbons (Fsp3) is 1.00. The smallest absolute Gasteiger partial charge is 0.371 e. The lowest BCUT2D eigenvalue weighted by molar-refractivity contribution is 0.0713. The Morgan fingerprint density at radius 3 is 1.29 bits per heavy atom. The Labute approximate surface area is 101 Å². The van der Waals surface area contributed by atoms with Gasteiger partial charge < -0.3 is 13.3 Å². The van der Waals surface area contributed by atoms with Crippen molar-refractivity contribution >= 4 is 43.6 Å². The Morgan fingerprint density at radius 1 is 0.857 bits per heavy atom. The summed E-state index contributed by atoms with van der Waals surface area (Å²) in [6, 6.07) is 0. The van der Waals surface area contributed by atoms with Crippen molar-refractivity contribution in [3.8, 4) is 0 Å². The summed E-state index contributed by atoms with van der Waals surface area (Å²) < 4.78 is 14.5. The van der Waals surface area contributed by atoms with Gasteiger partial charge in [0, 0.05) is 19.8 Å². The predicted molar refractivity (Wildman–Crippen MR) is 60.9 cm³/mol. The minimum Gasteiger partial charge on any atom is -0.371 e. The van der Waals surface area contributed by atoms with Gasteiger partial charge in [0.2, 0.25) is 0 Å². The van der Waals surface area contributed by atoms with Crippen molar-refractivity contribution in [3.05, 3.63) is 0 Å². The molecule has 0 unspecified atom stereocenters. The number of alkyl halides is 3. The van der Waals surface area contributed by atoms with E-state index in [0.717, 1.165) is 0 Å². The molecule has 0 spiro atoms. The Kier molecular flexibility index (Phi) is 6.98. The maximum atomic E-state index is 5.81. The molecule has 7 heteroatoms. The van der Waals surface area contributed by atoms with Gasteiger partial charge in [0.05, 0.1) is 0 Å². The SMILES string of the molecule is CCO[Si](OCC)(OCC)C(Cl)(Cl)Cl. The summed E-state index contributed by atoms with van der Waals surface area (Å²) in [4.78, 5) is 0. The topological polar surface area (TPSA) is 27.7 Å². The molecular formula is C7H15Cl3O3Si. The van der Waals surface area contributed by atoms with Crippen LogP contribution < -0.4 is 0 Å². The lowest BCUT2D eigenvalue weighted by Crippen LogP contribution is -2.57. The van der Waals surface area contributed by atoms with Crippen molar-refractivity contribution in [2.75, 3.05) is 19.8 Å². The summed E-state index contributed by atoms with van der Waals surface area (Å²) in [5.41, 5.74) is 0. The van der Waals surface area contributed by atoms with Crippen LogP contribution in [0.3, 0.4) is 0 Å². The first-order valence-electron chi connectivity index (χ1n) is 4.42. The Morgan fingerprint density at radius 2 is 1.14 bits per heavy atom. The highest BCUT2D eigenvalue weighted by atomic mass is 35.6. The Bertz CT molecular complexity index is 146. The minimum atomic E-state index is -3.20. The number of halogens is 3. The van der Waals surface area contributed by atoms with Gasteiger partial charge in [0.25, 0.3) is 3.42 Å². The quantitative estimate of drug-likeness (QED) is 0.553. The lowest BCUT2D eigenvalue weighted by atomic mass is 10.9. The molecule has 86 valence electrons. The van der Waals surface area contributed by atoms with Crippen molar-refractivity contribution in [3.63, 3.8) is 0 Å². The monoisotopic (exact) mass is 280 g/mol. The summed E-state index contributed by atoms with van der Waals surface area (Å²) in [6.07, 6.45) is 0. The van der Waals surface area contributed by atoms with Crippen LogP contribution >= 0.6 is 34.8 Å². The first-order valence-corrected chi connectivity index (χ1v) is 7.28. The molecule has 0 aromatic carbocycles. The van der Waals surface area contributed by atoms with Crippen molar-refractivity contribution in [2.24, 2.45) is 0 Å². The van der Waals surface area contributed by atoms with Crippen LogP contribution in [0.25, 0.3) is 0 Å². The second-order valence-corrected chi connectivity index (χ2v) is 8.31. The third-order valence-corrected chi connectivity index (χ3v) is 6.13. The first kappa shape index (κ1) is 15.0. The fourth-order valence-corrected chi connectivity index (χ4v) is 4.29. The van der Waals surface area contributed by atoms with E-state index in [9.17, 15) is 0 Å². The molecule has 0 aromatic rings. The minimum absolute atomic E-state index is 0.389. The molecule has 0 amide bonds. The first-order chi connectivity index (χ1) is 6.43. The van der Waals surface area contributed by atoms with Gasteiger partial charge in [-0.25, -0.2) is 0 Å². The third-order valence-electron chi connectivity index (χ3n) is 1.35. The van der Waals surface area contributed by atoms with E-state index in [0.29, 0.717) is 19.8 Å². The molecule has 0 aliphatic heterocycles. The summed E-state index contributed by atoms with van der Waals surface area (Å²) in [6.45, 7) is 6.57. The van der Waals surface area contributed by atoms with Gasteiger partial charge in [0.1, 0.15) is 0 Å². The van der Waals surface area contributed by atoms with Crippen molar-refractivity contribution in [1.82, 2.24) is 0 Å². The molecule has 0 N–H and O–H groups in total. The summed E-state index contributed by atoms with van der Waals surface area (Å²) in [5.74, 6) is 0. The Balaban J connectivity index is 4.73. The van der Waals surface area contributed by atoms with Gasteiger partial charge in [-0.3, -0.25) is 0 Å². The van der Waals surface area contributed by atoms with E-state index in [4.69, 9.17) is 48.1 Å². The van der Waals surface area contributed by atoms with Crippen LogP contribution in [-0.2, 0) is 13.3 Å². The van der Waals surface area contributed by atoms with Gasteiger partial charge in [-0.1, -0.05) is 34.8 Å². The van der Waals surface area contributed by atoms with Crippen LogP contribution in [0.2, 0.25) is 0 Å². The molecule has 0 atom stereocenters. The van der Waals surface area contributed by atoms with Gasteiger partial charge in [-0.2, -0.15) is 0 Å². The summed E-state index contributed by atoms with van der Waals surface area (Å²) >= 11 is 17.4. The highest BCUT2D eigenvalue weighted by molar-refractivity contribution is 6.96. The maximum absolute atomic E-state index is 5.81. The molecule has 0 fully saturated rings. The molecule has 0 aliphatic rings. The highest BCUT2D eigenvalue weighted by Crippen LogP contribution is 2.38. The molecule has 0 aliphatic carbocycles. The van der Waals surface area contributed by atoms with Crippen LogP contribution in [0.5, 0.6) is 0 Å². The predicted octanol–water partition coefficient (Wildman–Crippen LogP) is 2.94. The van der Waals surface area contributed by atoms with Crippen molar-refractivity contribution < 1.29 is 13.3 Å². The third kappa shape index (κ3) is 3.85. The van der Waals surface area contributed by atoms with Gasteiger partial charge in [-0.05, 0) is 20.8 Å². The van der Waals surface area contributed by atoms with Gasteiger partial charge in [-0.15, -0.1) is 0 Å². The van der Waals surface area contributed by atoms with Crippen molar-refractivity contribution in [1.29, 1.82) is 0 Å². The van der Waals surface area contributed by atoms with Gasteiger partial charge in [0.15, 0.2) is 0 Å². The molecule has 0 saturated heterocycles. The molecule has 0 bridgehead atoms. The number of hydrogen-bond acceptors (Lipinski definition) is 3. The van der Waals surface area contributed by atoms with Crippen LogP contribution in [0.1, 0.15) is 20.8 Å². The zero-order valence-electron chi connectivity index (χ0n) is 8.48. The van der Waals surface area contributed by atoms with E-state index >= 15 is 0 Å². The molecule has 0 saturated carbocycles. The molecule has 0 aromatic heterocycles. The zero-order valence-corrected chi connectivity index (χ0v) is 11.7. The van der Waals surface area contributed by atoms with E-state index in [1.807, 2.05) is 0 Å². The largest absolute Gasteiger partial charge is 0.555 e. The van der Waals surface area contributed by atoms with Crippen LogP contribution in [-0.4, -0.2) is 32.0 Å². The zero-order chi connectivity index (χ0) is 11.2. The highest BCUT2D eigenvalue weighted by Gasteiger charge is 2.59. The average molecular weight is 282 g/mol. The van der Waals surface area contributed by atoms with E-state index in [2.05, 4.69) is 0 Å². The second kappa shape index (κ2) is 6.53. The maximum Gasteiger partial charge on any atom is 0.555 e. The second-order valence-electron chi connectivity index (χ2n) is 2.35. The Hall–Kier alpha value is 0.967. The fourth-order valence-electron chi connectivity index (χ4n) is 0.941. The standard InChI is InChI=1S/C7H15Cl3O3Si/c1-4-11-14(12-5-2,13-6-3)7(8,9)10/h4-6H2,1-3H3. The van der Waals surface area contributed by atoms with Crippen LogP contribution in [0.4, 0.5) is 0 Å². The summed E-state index contributed by atoms with van der Waals surface area (Å²) in [7, 11) is -3.20. The normalized spacial score (nSPS) is 13.3. The molecule has 0 heterocycles. The number of hydrogen-bond donors (Lipinski definition) is 0. The average Bonchev–Trinajstić information content (AvgIpc) is 2.03. The number of rotatable bonds is 6. The molecule has 0 radical (unpaired) electrons. The van der Waals surface area contributed by atoms with E-state index in [1.54, 1.807) is 20.8 Å². The van der Waals surface area contributed by atoms with Crippen molar-refractivity contribution in [2.45, 2.75) is 24.2 Å². The van der Waals surface area contributed by atoms with Gasteiger partial charge >= 0.3 is 8.80 Å². The molecule has 0 rings (SSSR count).